The van der Waals surface area contributed by atoms with Crippen molar-refractivity contribution in [2.75, 3.05) is 13.2 Å². The van der Waals surface area contributed by atoms with E-state index in [0.29, 0.717) is 23.1 Å². The molecular formula is C20H20ClF3N2O3. The van der Waals surface area contributed by atoms with Crippen LogP contribution in [0.3, 0.4) is 0 Å². The van der Waals surface area contributed by atoms with E-state index in [4.69, 9.17) is 16.3 Å². The third kappa shape index (κ3) is 6.52. The van der Waals surface area contributed by atoms with Gasteiger partial charge in [0, 0.05) is 16.9 Å². The summed E-state index contributed by atoms with van der Waals surface area (Å²) in [5, 5.41) is 3.50. The van der Waals surface area contributed by atoms with Gasteiger partial charge in [0.15, 0.2) is 6.61 Å². The van der Waals surface area contributed by atoms with Gasteiger partial charge in [-0.3, -0.25) is 9.78 Å². The molecule has 1 fully saturated rings. The lowest BCUT2D eigenvalue weighted by molar-refractivity contribution is -0.153. The maximum atomic E-state index is 12.4. The van der Waals surface area contributed by atoms with Gasteiger partial charge in [-0.05, 0) is 49.7 Å². The van der Waals surface area contributed by atoms with Crippen molar-refractivity contribution in [2.45, 2.75) is 25.6 Å². The van der Waals surface area contributed by atoms with Gasteiger partial charge in [-0.25, -0.2) is 0 Å². The third-order valence-corrected chi connectivity index (χ3v) is 4.75. The largest absolute Gasteiger partial charge is 0.493 e. The number of amides is 1. The summed E-state index contributed by atoms with van der Waals surface area (Å²) < 4.78 is 46.8. The molecule has 3 rings (SSSR count). The van der Waals surface area contributed by atoms with Crippen LogP contribution in [0.4, 0.5) is 13.2 Å². The van der Waals surface area contributed by atoms with E-state index in [2.05, 4.69) is 15.0 Å². The fourth-order valence-electron chi connectivity index (χ4n) is 2.78. The number of carbonyl (C=O) groups is 1. The van der Waals surface area contributed by atoms with Gasteiger partial charge >= 0.3 is 6.18 Å². The molecule has 1 amide bonds. The minimum atomic E-state index is -4.40. The minimum Gasteiger partial charge on any atom is -0.493 e. The Labute approximate surface area is 171 Å². The van der Waals surface area contributed by atoms with E-state index in [1.165, 1.54) is 18.3 Å². The number of nitrogens with zero attached hydrogens (tertiary/aromatic N) is 1. The Bertz CT molecular complexity index is 828. The predicted octanol–water partition coefficient (Wildman–Crippen LogP) is 4.57. The SMILES string of the molecule is CC(NC(=O)[C@@H]1C[C@H]1COc1ccc(Cl)cc1)c1ccc(OCC(F)(F)F)cn1. The molecule has 1 saturated carbocycles. The number of hydrogen-bond acceptors (Lipinski definition) is 4. The van der Waals surface area contributed by atoms with Crippen molar-refractivity contribution in [2.24, 2.45) is 11.8 Å². The van der Waals surface area contributed by atoms with Crippen molar-refractivity contribution in [1.29, 1.82) is 0 Å². The molecule has 9 heteroatoms. The van der Waals surface area contributed by atoms with E-state index in [1.807, 2.05) is 0 Å². The lowest BCUT2D eigenvalue weighted by atomic mass is 10.2. The summed E-state index contributed by atoms with van der Waals surface area (Å²) in [6.45, 7) is 0.830. The van der Waals surface area contributed by atoms with Gasteiger partial charge in [0.1, 0.15) is 11.5 Å². The Morgan fingerprint density at radius 3 is 2.52 bits per heavy atom. The number of ether oxygens (including phenoxy) is 2. The number of hydrogen-bond donors (Lipinski definition) is 1. The number of benzene rings is 1. The Hall–Kier alpha value is -2.48. The molecule has 1 heterocycles. The standard InChI is InChI=1S/C20H20ClF3N2O3/c1-12(18-7-6-16(9-25-18)29-11-20(22,23)24)26-19(27)17-8-13(17)10-28-15-4-2-14(21)3-5-15/h2-7,9,12-13,17H,8,10-11H2,1H3,(H,26,27)/t12?,13-,17+/m0/s1. The molecule has 1 aliphatic carbocycles. The molecule has 3 atom stereocenters. The highest BCUT2D eigenvalue weighted by molar-refractivity contribution is 6.30. The maximum absolute atomic E-state index is 12.4. The van der Waals surface area contributed by atoms with Gasteiger partial charge in [-0.15, -0.1) is 0 Å². The first-order valence-electron chi connectivity index (χ1n) is 9.05. The Balaban J connectivity index is 1.43. The molecule has 1 aliphatic rings. The van der Waals surface area contributed by atoms with Crippen molar-refractivity contribution in [1.82, 2.24) is 10.3 Å². The van der Waals surface area contributed by atoms with Crippen LogP contribution < -0.4 is 14.8 Å². The highest BCUT2D eigenvalue weighted by Crippen LogP contribution is 2.39. The summed E-state index contributed by atoms with van der Waals surface area (Å²) in [6, 6.07) is 9.58. The van der Waals surface area contributed by atoms with Crippen LogP contribution in [-0.2, 0) is 4.79 Å². The molecule has 1 unspecified atom stereocenters. The summed E-state index contributed by atoms with van der Waals surface area (Å²) in [5.74, 6) is 0.640. The van der Waals surface area contributed by atoms with Crippen molar-refractivity contribution in [3.8, 4) is 11.5 Å². The zero-order chi connectivity index (χ0) is 21.0. The average Bonchev–Trinajstić information content (AvgIpc) is 3.45. The molecule has 0 bridgehead atoms. The van der Waals surface area contributed by atoms with Gasteiger partial charge in [-0.1, -0.05) is 11.6 Å². The maximum Gasteiger partial charge on any atom is 0.422 e. The van der Waals surface area contributed by atoms with Crippen LogP contribution in [0.25, 0.3) is 0 Å². The fraction of sp³-hybridized carbons (Fsp3) is 0.400. The minimum absolute atomic E-state index is 0.0196. The van der Waals surface area contributed by atoms with E-state index in [-0.39, 0.29) is 29.5 Å². The summed E-state index contributed by atoms with van der Waals surface area (Å²) >= 11 is 5.83. The molecule has 1 aromatic heterocycles. The van der Waals surface area contributed by atoms with E-state index in [9.17, 15) is 18.0 Å². The van der Waals surface area contributed by atoms with E-state index >= 15 is 0 Å². The molecule has 1 aromatic carbocycles. The fourth-order valence-corrected chi connectivity index (χ4v) is 2.91. The quantitative estimate of drug-likeness (QED) is 0.669. The van der Waals surface area contributed by atoms with Crippen LogP contribution in [0.2, 0.25) is 5.02 Å². The molecule has 29 heavy (non-hydrogen) atoms. The normalized spacial score (nSPS) is 19.3. The van der Waals surface area contributed by atoms with E-state index < -0.39 is 12.8 Å². The zero-order valence-electron chi connectivity index (χ0n) is 15.6. The molecular weight excluding hydrogens is 409 g/mol. The van der Waals surface area contributed by atoms with E-state index in [1.54, 1.807) is 31.2 Å². The summed E-state index contributed by atoms with van der Waals surface area (Å²) in [5.41, 5.74) is 0.535. The molecule has 0 spiro atoms. The number of carbonyl (C=O) groups excluding carboxylic acids is 1. The first kappa shape index (κ1) is 21.2. The molecule has 1 N–H and O–H groups in total. The van der Waals surface area contributed by atoms with Crippen LogP contribution >= 0.6 is 11.6 Å². The zero-order valence-corrected chi connectivity index (χ0v) is 16.3. The Morgan fingerprint density at radius 1 is 1.21 bits per heavy atom. The summed E-state index contributed by atoms with van der Waals surface area (Å²) in [7, 11) is 0. The first-order valence-corrected chi connectivity index (χ1v) is 9.43. The van der Waals surface area contributed by atoms with Crippen LogP contribution in [0.1, 0.15) is 25.1 Å². The van der Waals surface area contributed by atoms with Crippen molar-refractivity contribution in [3.05, 3.63) is 53.3 Å². The van der Waals surface area contributed by atoms with Crippen molar-refractivity contribution in [3.63, 3.8) is 0 Å². The molecule has 0 aliphatic heterocycles. The predicted molar refractivity (Wildman–Crippen MR) is 101 cm³/mol. The number of pyridine rings is 1. The molecule has 5 nitrogen and oxygen atoms in total. The van der Waals surface area contributed by atoms with Crippen LogP contribution in [-0.4, -0.2) is 30.3 Å². The lowest BCUT2D eigenvalue weighted by Gasteiger charge is -2.14. The monoisotopic (exact) mass is 428 g/mol. The number of alkyl halides is 3. The van der Waals surface area contributed by atoms with Gasteiger partial charge < -0.3 is 14.8 Å². The molecule has 156 valence electrons. The van der Waals surface area contributed by atoms with Crippen molar-refractivity contribution >= 4 is 17.5 Å². The molecule has 0 saturated heterocycles. The second-order valence-electron chi connectivity index (χ2n) is 6.92. The number of halogens is 4. The third-order valence-electron chi connectivity index (χ3n) is 4.50. The second-order valence-corrected chi connectivity index (χ2v) is 7.36. The molecule has 0 radical (unpaired) electrons. The summed E-state index contributed by atoms with van der Waals surface area (Å²) in [6.07, 6.45) is -2.45. The van der Waals surface area contributed by atoms with Crippen LogP contribution in [0.5, 0.6) is 11.5 Å². The topological polar surface area (TPSA) is 60.5 Å². The van der Waals surface area contributed by atoms with Gasteiger partial charge in [0.05, 0.1) is 24.5 Å². The Morgan fingerprint density at radius 2 is 1.90 bits per heavy atom. The highest BCUT2D eigenvalue weighted by Gasteiger charge is 2.43. The van der Waals surface area contributed by atoms with Gasteiger partial charge in [0.25, 0.3) is 0 Å². The first-order chi connectivity index (χ1) is 13.7. The van der Waals surface area contributed by atoms with Crippen molar-refractivity contribution < 1.29 is 27.4 Å². The summed E-state index contributed by atoms with van der Waals surface area (Å²) in [4.78, 5) is 16.4. The number of aromatic nitrogens is 1. The second kappa shape index (κ2) is 8.90. The van der Waals surface area contributed by atoms with E-state index in [0.717, 1.165) is 6.42 Å². The lowest BCUT2D eigenvalue weighted by Crippen LogP contribution is -2.29. The Kier molecular flexibility index (Phi) is 6.52. The molecule has 2 aromatic rings. The van der Waals surface area contributed by atoms with Crippen LogP contribution in [0, 0.1) is 11.8 Å². The highest BCUT2D eigenvalue weighted by atomic mass is 35.5. The van der Waals surface area contributed by atoms with Gasteiger partial charge in [-0.2, -0.15) is 13.2 Å². The number of rotatable bonds is 8. The average molecular weight is 429 g/mol. The van der Waals surface area contributed by atoms with Crippen LogP contribution in [0.15, 0.2) is 42.6 Å². The number of nitrogens with one attached hydrogen (secondary N) is 1. The smallest absolute Gasteiger partial charge is 0.422 e. The van der Waals surface area contributed by atoms with Gasteiger partial charge in [0.2, 0.25) is 5.91 Å².